The summed E-state index contributed by atoms with van der Waals surface area (Å²) in [5.74, 6) is -0.340. The molecule has 0 aliphatic carbocycles. The van der Waals surface area contributed by atoms with Crippen LogP contribution in [0.2, 0.25) is 10.0 Å². The summed E-state index contributed by atoms with van der Waals surface area (Å²) >= 11 is 12.7. The van der Waals surface area contributed by atoms with E-state index in [2.05, 4.69) is 5.32 Å². The van der Waals surface area contributed by atoms with E-state index in [0.717, 1.165) is 5.56 Å². The topological polar surface area (TPSA) is 49.4 Å². The molecule has 0 aromatic heterocycles. The molecule has 1 unspecified atom stereocenters. The molecule has 0 spiro atoms. The Hall–Kier alpha value is -2.04. The summed E-state index contributed by atoms with van der Waals surface area (Å²) < 4.78 is 0. The Balaban J connectivity index is 2.37. The molecular formula is C23H28Cl2N2O2. The largest absolute Gasteiger partial charge is 0.350 e. The first-order chi connectivity index (χ1) is 13.6. The molecule has 0 aliphatic rings. The van der Waals surface area contributed by atoms with E-state index in [1.807, 2.05) is 58.0 Å². The molecular weight excluding hydrogens is 407 g/mol. The van der Waals surface area contributed by atoms with Gasteiger partial charge in [-0.25, -0.2) is 0 Å². The zero-order valence-corrected chi connectivity index (χ0v) is 18.8. The molecule has 156 valence electrons. The first-order valence-electron chi connectivity index (χ1n) is 9.70. The van der Waals surface area contributed by atoms with Crippen LogP contribution in [0.15, 0.2) is 48.5 Å². The van der Waals surface area contributed by atoms with Crippen molar-refractivity contribution in [3.05, 3.63) is 69.7 Å². The van der Waals surface area contributed by atoms with Crippen LogP contribution in [-0.2, 0) is 22.6 Å². The number of nitrogens with zero attached hydrogens (tertiary/aromatic N) is 1. The van der Waals surface area contributed by atoms with Gasteiger partial charge in [0.1, 0.15) is 6.04 Å². The van der Waals surface area contributed by atoms with Crippen LogP contribution in [0.3, 0.4) is 0 Å². The molecule has 0 aliphatic heterocycles. The fraction of sp³-hybridized carbons (Fsp3) is 0.391. The molecule has 1 atom stereocenters. The summed E-state index contributed by atoms with van der Waals surface area (Å²) in [5, 5.41) is 3.93. The number of rotatable bonds is 7. The molecule has 0 fully saturated rings. The molecule has 0 saturated carbocycles. The average Bonchev–Trinajstić information content (AvgIpc) is 2.63. The molecule has 0 heterocycles. The number of carbonyl (C=O) groups is 2. The van der Waals surface area contributed by atoms with E-state index in [4.69, 9.17) is 23.2 Å². The van der Waals surface area contributed by atoms with Gasteiger partial charge in [-0.2, -0.15) is 0 Å². The molecule has 2 amide bonds. The molecule has 29 heavy (non-hydrogen) atoms. The predicted molar refractivity (Wildman–Crippen MR) is 119 cm³/mol. The van der Waals surface area contributed by atoms with E-state index in [0.29, 0.717) is 22.0 Å². The van der Waals surface area contributed by atoms with Crippen molar-refractivity contribution in [2.45, 2.75) is 58.7 Å². The van der Waals surface area contributed by atoms with E-state index in [1.165, 1.54) is 0 Å². The number of benzene rings is 2. The van der Waals surface area contributed by atoms with Crippen molar-refractivity contribution in [3.8, 4) is 0 Å². The molecule has 0 bridgehead atoms. The van der Waals surface area contributed by atoms with E-state index in [-0.39, 0.29) is 24.8 Å². The third-order valence-electron chi connectivity index (χ3n) is 4.47. The van der Waals surface area contributed by atoms with Gasteiger partial charge in [-0.05, 0) is 44.9 Å². The van der Waals surface area contributed by atoms with Crippen LogP contribution in [0.5, 0.6) is 0 Å². The van der Waals surface area contributed by atoms with Crippen molar-refractivity contribution in [2.75, 3.05) is 0 Å². The van der Waals surface area contributed by atoms with Crippen LogP contribution in [0.25, 0.3) is 0 Å². The first kappa shape index (κ1) is 23.2. The van der Waals surface area contributed by atoms with Gasteiger partial charge in [0.2, 0.25) is 11.8 Å². The molecule has 6 heteroatoms. The smallest absolute Gasteiger partial charge is 0.243 e. The van der Waals surface area contributed by atoms with E-state index in [9.17, 15) is 9.59 Å². The van der Waals surface area contributed by atoms with Crippen LogP contribution in [0.4, 0.5) is 0 Å². The van der Waals surface area contributed by atoms with Crippen molar-refractivity contribution in [1.82, 2.24) is 10.2 Å². The van der Waals surface area contributed by atoms with Gasteiger partial charge in [0.25, 0.3) is 0 Å². The summed E-state index contributed by atoms with van der Waals surface area (Å²) in [7, 11) is 0. The van der Waals surface area contributed by atoms with Gasteiger partial charge >= 0.3 is 0 Å². The Morgan fingerprint density at radius 1 is 1.00 bits per heavy atom. The Morgan fingerprint density at radius 2 is 1.59 bits per heavy atom. The highest BCUT2D eigenvalue weighted by Gasteiger charge is 2.31. The molecule has 2 aromatic carbocycles. The first-order valence-corrected chi connectivity index (χ1v) is 10.5. The molecule has 2 aromatic rings. The predicted octanol–water partition coefficient (Wildman–Crippen LogP) is 5.26. The van der Waals surface area contributed by atoms with Crippen molar-refractivity contribution in [2.24, 2.45) is 0 Å². The normalized spacial score (nSPS) is 12.3. The number of hydrogen-bond acceptors (Lipinski definition) is 2. The number of carbonyl (C=O) groups excluding carboxylic acids is 2. The highest BCUT2D eigenvalue weighted by atomic mass is 35.5. The van der Waals surface area contributed by atoms with Crippen LogP contribution >= 0.6 is 23.2 Å². The number of amides is 2. The molecule has 4 nitrogen and oxygen atoms in total. The minimum atomic E-state index is -0.627. The van der Waals surface area contributed by atoms with Gasteiger partial charge < -0.3 is 10.2 Å². The third-order valence-corrected chi connectivity index (χ3v) is 5.18. The molecule has 0 radical (unpaired) electrons. The fourth-order valence-electron chi connectivity index (χ4n) is 3.10. The number of halogens is 2. The van der Waals surface area contributed by atoms with Crippen molar-refractivity contribution < 1.29 is 9.59 Å². The summed E-state index contributed by atoms with van der Waals surface area (Å²) in [4.78, 5) is 27.8. The second kappa shape index (κ2) is 10.1. The lowest BCUT2D eigenvalue weighted by Gasteiger charge is -2.33. The highest BCUT2D eigenvalue weighted by molar-refractivity contribution is 6.36. The summed E-state index contributed by atoms with van der Waals surface area (Å²) in [6.45, 7) is 7.81. The Morgan fingerprint density at radius 3 is 2.10 bits per heavy atom. The zero-order chi connectivity index (χ0) is 21.6. The minimum absolute atomic E-state index is 0.150. The van der Waals surface area contributed by atoms with Gasteiger partial charge in [-0.3, -0.25) is 9.59 Å². The Kier molecular flexibility index (Phi) is 8.12. The quantitative estimate of drug-likeness (QED) is 0.645. The van der Waals surface area contributed by atoms with Gasteiger partial charge in [-0.15, -0.1) is 0 Å². The van der Waals surface area contributed by atoms with Gasteiger partial charge in [0.15, 0.2) is 0 Å². The molecule has 0 saturated heterocycles. The van der Waals surface area contributed by atoms with Crippen molar-refractivity contribution in [1.29, 1.82) is 0 Å². The summed E-state index contributed by atoms with van der Waals surface area (Å²) in [6, 6.07) is 14.1. The Bertz CT molecular complexity index is 827. The van der Waals surface area contributed by atoms with Crippen LogP contribution in [0, 0.1) is 0 Å². The summed E-state index contributed by atoms with van der Waals surface area (Å²) in [5.41, 5.74) is 1.12. The standard InChI is InChI=1S/C23H28Cl2N2O2/c1-5-20(22(29)26-23(2,3)4)27(15-17-18(24)12-9-13-19(17)25)21(28)14-16-10-7-6-8-11-16/h6-13,20H,5,14-15H2,1-4H3,(H,26,29). The average molecular weight is 435 g/mol. The molecule has 1 N–H and O–H groups in total. The maximum Gasteiger partial charge on any atom is 0.243 e. The van der Waals surface area contributed by atoms with E-state index in [1.54, 1.807) is 23.1 Å². The zero-order valence-electron chi connectivity index (χ0n) is 17.3. The second-order valence-corrected chi connectivity index (χ2v) is 8.86. The molecule has 2 rings (SSSR count). The van der Waals surface area contributed by atoms with Gasteiger partial charge in [0, 0.05) is 27.7 Å². The highest BCUT2D eigenvalue weighted by Crippen LogP contribution is 2.27. The minimum Gasteiger partial charge on any atom is -0.350 e. The van der Waals surface area contributed by atoms with Crippen LogP contribution < -0.4 is 5.32 Å². The van der Waals surface area contributed by atoms with Crippen molar-refractivity contribution in [3.63, 3.8) is 0 Å². The third kappa shape index (κ3) is 6.76. The lowest BCUT2D eigenvalue weighted by molar-refractivity contribution is -0.141. The fourth-order valence-corrected chi connectivity index (χ4v) is 3.62. The van der Waals surface area contributed by atoms with Crippen molar-refractivity contribution >= 4 is 35.0 Å². The number of hydrogen-bond donors (Lipinski definition) is 1. The second-order valence-electron chi connectivity index (χ2n) is 8.05. The maximum absolute atomic E-state index is 13.3. The maximum atomic E-state index is 13.3. The summed E-state index contributed by atoms with van der Waals surface area (Å²) in [6.07, 6.45) is 0.673. The van der Waals surface area contributed by atoms with Crippen LogP contribution in [0.1, 0.15) is 45.2 Å². The number of nitrogens with one attached hydrogen (secondary N) is 1. The van der Waals surface area contributed by atoms with Gasteiger partial charge in [-0.1, -0.05) is 66.5 Å². The monoisotopic (exact) mass is 434 g/mol. The van der Waals surface area contributed by atoms with E-state index < -0.39 is 11.6 Å². The van der Waals surface area contributed by atoms with Crippen LogP contribution in [-0.4, -0.2) is 28.3 Å². The SMILES string of the molecule is CCC(C(=O)NC(C)(C)C)N(Cc1c(Cl)cccc1Cl)C(=O)Cc1ccccc1. The lowest BCUT2D eigenvalue weighted by atomic mass is 10.0. The Labute approximate surface area is 183 Å². The lowest BCUT2D eigenvalue weighted by Crippen LogP contribution is -2.53. The van der Waals surface area contributed by atoms with E-state index >= 15 is 0 Å². The van der Waals surface area contributed by atoms with Gasteiger partial charge in [0.05, 0.1) is 6.42 Å².